The average molecular weight is 226 g/mol. The number of Topliss-reactive ketones (excluding diaryl/α,β-unsaturated/α-hetero) is 1. The molecule has 0 spiro atoms. The van der Waals surface area contributed by atoms with Crippen LogP contribution in [0.3, 0.4) is 0 Å². The minimum atomic E-state index is -0.639. The van der Waals surface area contributed by atoms with Crippen LogP contribution in [-0.4, -0.2) is 5.78 Å². The Hall–Kier alpha value is -1.27. The molecular weight excluding hydrogens is 214 g/mol. The van der Waals surface area contributed by atoms with Crippen molar-refractivity contribution >= 4 is 17.4 Å². The fraction of sp³-hybridized carbons (Fsp3) is 0.455. The van der Waals surface area contributed by atoms with Gasteiger partial charge in [0.15, 0.2) is 5.78 Å². The number of nitriles is 1. The Balaban J connectivity index is 2.84. The third-order valence-corrected chi connectivity index (χ3v) is 2.36. The highest BCUT2D eigenvalue weighted by Crippen LogP contribution is 2.23. The first-order valence-corrected chi connectivity index (χ1v) is 5.11. The predicted molar refractivity (Wildman–Crippen MR) is 56.6 cm³/mol. The van der Waals surface area contributed by atoms with Crippen LogP contribution in [0.15, 0.2) is 16.7 Å². The summed E-state index contributed by atoms with van der Waals surface area (Å²) in [7, 11) is 0. The predicted octanol–water partition coefficient (Wildman–Crippen LogP) is 3.30. The Labute approximate surface area is 93.6 Å². The quantitative estimate of drug-likeness (QED) is 0.739. The van der Waals surface area contributed by atoms with E-state index in [2.05, 4.69) is 0 Å². The fourth-order valence-electron chi connectivity index (χ4n) is 1.35. The molecule has 0 amide bonds. The summed E-state index contributed by atoms with van der Waals surface area (Å²) in [5.74, 6) is -0.602. The minimum Gasteiger partial charge on any atom is -0.452 e. The second-order valence-corrected chi connectivity index (χ2v) is 4.13. The molecule has 0 fully saturated rings. The van der Waals surface area contributed by atoms with Gasteiger partial charge in [0.05, 0.1) is 17.9 Å². The number of rotatable bonds is 4. The van der Waals surface area contributed by atoms with Crippen LogP contribution in [-0.2, 0) is 0 Å². The van der Waals surface area contributed by atoms with Crippen LogP contribution < -0.4 is 0 Å². The lowest BCUT2D eigenvalue weighted by Crippen LogP contribution is -2.14. The van der Waals surface area contributed by atoms with E-state index < -0.39 is 5.92 Å². The van der Waals surface area contributed by atoms with Gasteiger partial charge >= 0.3 is 0 Å². The number of furan rings is 1. The molecule has 15 heavy (non-hydrogen) atoms. The molecule has 0 aromatic carbocycles. The number of carbonyl (C=O) groups excluding carboxylic acids is 1. The fourth-order valence-corrected chi connectivity index (χ4v) is 1.55. The van der Waals surface area contributed by atoms with E-state index in [1.165, 1.54) is 12.3 Å². The van der Waals surface area contributed by atoms with E-state index in [4.69, 9.17) is 21.3 Å². The Bertz CT molecular complexity index is 390. The zero-order valence-electron chi connectivity index (χ0n) is 8.66. The van der Waals surface area contributed by atoms with Gasteiger partial charge in [0.2, 0.25) is 5.22 Å². The lowest BCUT2D eigenvalue weighted by Gasteiger charge is -2.09. The molecule has 0 aliphatic rings. The summed E-state index contributed by atoms with van der Waals surface area (Å²) in [4.78, 5) is 11.8. The molecule has 0 bridgehead atoms. The zero-order valence-corrected chi connectivity index (χ0v) is 9.41. The molecule has 1 rings (SSSR count). The van der Waals surface area contributed by atoms with Gasteiger partial charge in [-0.05, 0) is 30.0 Å². The minimum absolute atomic E-state index is 0.0593. The van der Waals surface area contributed by atoms with Gasteiger partial charge in [-0.15, -0.1) is 0 Å². The van der Waals surface area contributed by atoms with E-state index in [0.717, 1.165) is 0 Å². The lowest BCUT2D eigenvalue weighted by molar-refractivity contribution is 0.0936. The van der Waals surface area contributed by atoms with Gasteiger partial charge in [-0.1, -0.05) is 13.8 Å². The van der Waals surface area contributed by atoms with E-state index in [1.54, 1.807) is 0 Å². The van der Waals surface area contributed by atoms with Crippen LogP contribution in [0.1, 0.15) is 30.6 Å². The second kappa shape index (κ2) is 4.99. The van der Waals surface area contributed by atoms with Crippen molar-refractivity contribution in [1.29, 1.82) is 5.26 Å². The van der Waals surface area contributed by atoms with Gasteiger partial charge in [-0.2, -0.15) is 5.26 Å². The molecule has 0 aliphatic heterocycles. The molecular formula is C11H12ClNO2. The van der Waals surface area contributed by atoms with Crippen molar-refractivity contribution in [1.82, 2.24) is 0 Å². The molecule has 1 atom stereocenters. The number of hydrogen-bond donors (Lipinski definition) is 0. The highest BCUT2D eigenvalue weighted by atomic mass is 35.5. The lowest BCUT2D eigenvalue weighted by atomic mass is 9.92. The summed E-state index contributed by atoms with van der Waals surface area (Å²) in [5.41, 5.74) is 0.295. The summed E-state index contributed by atoms with van der Waals surface area (Å²) in [6.07, 6.45) is 1.89. The Morgan fingerprint density at radius 2 is 2.33 bits per heavy atom. The first-order chi connectivity index (χ1) is 7.06. The standard InChI is InChI=1S/C11H12ClNO2/c1-7(2)5-8(6-13)10(14)9-3-4-15-11(9)12/h3-4,7-8H,5H2,1-2H3. The highest BCUT2D eigenvalue weighted by molar-refractivity contribution is 6.32. The van der Waals surface area contributed by atoms with Crippen LogP contribution in [0.25, 0.3) is 0 Å². The van der Waals surface area contributed by atoms with Gasteiger partial charge in [0, 0.05) is 0 Å². The van der Waals surface area contributed by atoms with Crippen LogP contribution in [0.5, 0.6) is 0 Å². The first-order valence-electron chi connectivity index (χ1n) is 4.73. The van der Waals surface area contributed by atoms with Crippen molar-refractivity contribution in [2.45, 2.75) is 20.3 Å². The topological polar surface area (TPSA) is 54.0 Å². The van der Waals surface area contributed by atoms with Gasteiger partial charge < -0.3 is 4.42 Å². The number of hydrogen-bond acceptors (Lipinski definition) is 3. The first kappa shape index (κ1) is 11.8. The van der Waals surface area contributed by atoms with Crippen molar-refractivity contribution < 1.29 is 9.21 Å². The molecule has 0 aliphatic carbocycles. The normalized spacial score (nSPS) is 12.5. The molecule has 4 heteroatoms. The molecule has 0 radical (unpaired) electrons. The van der Waals surface area contributed by atoms with Crippen LogP contribution in [0.4, 0.5) is 0 Å². The molecule has 80 valence electrons. The third kappa shape index (κ3) is 2.84. The van der Waals surface area contributed by atoms with Crippen molar-refractivity contribution in [3.8, 4) is 6.07 Å². The molecule has 0 saturated heterocycles. The van der Waals surface area contributed by atoms with E-state index in [0.29, 0.717) is 17.9 Å². The van der Waals surface area contributed by atoms with Gasteiger partial charge in [0.1, 0.15) is 5.92 Å². The van der Waals surface area contributed by atoms with Crippen LogP contribution in [0, 0.1) is 23.2 Å². The molecule has 0 saturated carbocycles. The van der Waals surface area contributed by atoms with Crippen molar-refractivity contribution in [3.63, 3.8) is 0 Å². The van der Waals surface area contributed by atoms with E-state index in [9.17, 15) is 4.79 Å². The Morgan fingerprint density at radius 3 is 2.73 bits per heavy atom. The summed E-state index contributed by atoms with van der Waals surface area (Å²) < 4.78 is 4.82. The maximum absolute atomic E-state index is 11.8. The molecule has 1 aromatic heterocycles. The molecule has 0 N–H and O–H groups in total. The summed E-state index contributed by atoms with van der Waals surface area (Å²) in [5, 5.41) is 8.95. The van der Waals surface area contributed by atoms with Crippen LogP contribution >= 0.6 is 11.6 Å². The smallest absolute Gasteiger partial charge is 0.203 e. The van der Waals surface area contributed by atoms with E-state index in [-0.39, 0.29) is 11.0 Å². The molecule has 1 heterocycles. The van der Waals surface area contributed by atoms with Gasteiger partial charge in [-0.25, -0.2) is 0 Å². The number of ketones is 1. The van der Waals surface area contributed by atoms with Gasteiger partial charge in [-0.3, -0.25) is 4.79 Å². The number of carbonyl (C=O) groups is 1. The zero-order chi connectivity index (χ0) is 11.4. The molecule has 1 aromatic rings. The molecule has 1 unspecified atom stereocenters. The van der Waals surface area contributed by atoms with E-state index in [1.807, 2.05) is 19.9 Å². The maximum atomic E-state index is 11.8. The monoisotopic (exact) mass is 225 g/mol. The summed E-state index contributed by atoms with van der Waals surface area (Å²) >= 11 is 5.68. The SMILES string of the molecule is CC(C)CC(C#N)C(=O)c1ccoc1Cl. The maximum Gasteiger partial charge on any atom is 0.203 e. The largest absolute Gasteiger partial charge is 0.452 e. The summed E-state index contributed by atoms with van der Waals surface area (Å²) in [6, 6.07) is 3.49. The van der Waals surface area contributed by atoms with Crippen molar-refractivity contribution in [2.24, 2.45) is 11.8 Å². The van der Waals surface area contributed by atoms with Crippen molar-refractivity contribution in [3.05, 3.63) is 23.1 Å². The Morgan fingerprint density at radius 1 is 1.67 bits per heavy atom. The highest BCUT2D eigenvalue weighted by Gasteiger charge is 2.24. The summed E-state index contributed by atoms with van der Waals surface area (Å²) in [6.45, 7) is 3.93. The third-order valence-electron chi connectivity index (χ3n) is 2.06. The van der Waals surface area contributed by atoms with E-state index >= 15 is 0 Å². The molecule has 3 nitrogen and oxygen atoms in total. The van der Waals surface area contributed by atoms with Crippen molar-refractivity contribution in [2.75, 3.05) is 0 Å². The number of nitrogens with zero attached hydrogens (tertiary/aromatic N) is 1. The Kier molecular flexibility index (Phi) is 3.93. The average Bonchev–Trinajstić information content (AvgIpc) is 2.59. The second-order valence-electron chi connectivity index (χ2n) is 3.78. The van der Waals surface area contributed by atoms with Crippen LogP contribution in [0.2, 0.25) is 5.22 Å². The van der Waals surface area contributed by atoms with Gasteiger partial charge in [0.25, 0.3) is 0 Å². The number of halogens is 1.